The monoisotopic (exact) mass is 332 g/mol. The Bertz CT molecular complexity index is 845. The summed E-state index contributed by atoms with van der Waals surface area (Å²) < 4.78 is 31.7. The summed E-state index contributed by atoms with van der Waals surface area (Å²) >= 11 is 0. The molecule has 0 aromatic heterocycles. The third kappa shape index (κ3) is 3.45. The van der Waals surface area contributed by atoms with Crippen LogP contribution < -0.4 is 14.8 Å². The molecule has 0 radical (unpaired) electrons. The normalized spacial score (nSPS) is 13.1. The van der Waals surface area contributed by atoms with Crippen LogP contribution in [0.3, 0.4) is 0 Å². The van der Waals surface area contributed by atoms with Gasteiger partial charge in [0.15, 0.2) is 0 Å². The van der Waals surface area contributed by atoms with Crippen molar-refractivity contribution in [2.24, 2.45) is 0 Å². The molecule has 0 spiro atoms. The molecular formula is C16H16N2O4S. The first-order valence-electron chi connectivity index (χ1n) is 7.10. The van der Waals surface area contributed by atoms with Gasteiger partial charge in [0.1, 0.15) is 5.75 Å². The summed E-state index contributed by atoms with van der Waals surface area (Å²) in [4.78, 5) is 12.0. The Labute approximate surface area is 134 Å². The summed E-state index contributed by atoms with van der Waals surface area (Å²) in [5.74, 6) is 0.795. The van der Waals surface area contributed by atoms with Crippen LogP contribution in [-0.2, 0) is 16.4 Å². The zero-order valence-corrected chi connectivity index (χ0v) is 13.3. The lowest BCUT2D eigenvalue weighted by Crippen LogP contribution is -2.34. The summed E-state index contributed by atoms with van der Waals surface area (Å²) in [7, 11) is -3.89. The Morgan fingerprint density at radius 2 is 1.87 bits per heavy atom. The average molecular weight is 332 g/mol. The largest absolute Gasteiger partial charge is 0.493 e. The molecule has 0 fully saturated rings. The molecule has 120 valence electrons. The Morgan fingerprint density at radius 1 is 1.13 bits per heavy atom. The summed E-state index contributed by atoms with van der Waals surface area (Å²) in [6.07, 6.45) is 0.772. The molecule has 7 heteroatoms. The van der Waals surface area contributed by atoms with E-state index in [9.17, 15) is 13.2 Å². The van der Waals surface area contributed by atoms with E-state index in [0.717, 1.165) is 23.3 Å². The van der Waals surface area contributed by atoms with Crippen LogP contribution in [0.5, 0.6) is 5.75 Å². The number of ether oxygens (including phenoxy) is 1. The standard InChI is InChI=1S/C16H16N2O4S/c1-11-2-5-14(6-3-11)23(20,21)18-16(19)17-13-4-7-15-12(10-13)8-9-22-15/h2-7,10H,8-9H2,1H3,(H2,17,18,19). The van der Waals surface area contributed by atoms with Gasteiger partial charge in [0.2, 0.25) is 0 Å². The van der Waals surface area contributed by atoms with Gasteiger partial charge in [-0.05, 0) is 42.8 Å². The molecule has 0 unspecified atom stereocenters. The first-order valence-corrected chi connectivity index (χ1v) is 8.58. The number of benzene rings is 2. The minimum absolute atomic E-state index is 0.0422. The maximum absolute atomic E-state index is 12.1. The second-order valence-corrected chi connectivity index (χ2v) is 6.98. The zero-order chi connectivity index (χ0) is 16.4. The van der Waals surface area contributed by atoms with Crippen LogP contribution in [0.25, 0.3) is 0 Å². The van der Waals surface area contributed by atoms with Crippen LogP contribution >= 0.6 is 0 Å². The van der Waals surface area contributed by atoms with Gasteiger partial charge in [-0.1, -0.05) is 17.7 Å². The predicted molar refractivity (Wildman–Crippen MR) is 86.2 cm³/mol. The highest BCUT2D eigenvalue weighted by molar-refractivity contribution is 7.90. The van der Waals surface area contributed by atoms with E-state index in [2.05, 4.69) is 5.32 Å². The average Bonchev–Trinajstić information content (AvgIpc) is 2.94. The summed E-state index contributed by atoms with van der Waals surface area (Å²) in [5.41, 5.74) is 2.45. The van der Waals surface area contributed by atoms with Gasteiger partial charge in [-0.3, -0.25) is 0 Å². The van der Waals surface area contributed by atoms with Gasteiger partial charge in [0.25, 0.3) is 10.0 Å². The molecule has 6 nitrogen and oxygen atoms in total. The van der Waals surface area contributed by atoms with Gasteiger partial charge >= 0.3 is 6.03 Å². The number of fused-ring (bicyclic) bond motifs is 1. The number of anilines is 1. The molecule has 3 rings (SSSR count). The van der Waals surface area contributed by atoms with E-state index in [1.807, 2.05) is 11.6 Å². The van der Waals surface area contributed by atoms with E-state index < -0.39 is 16.1 Å². The molecule has 2 aromatic rings. The highest BCUT2D eigenvalue weighted by Gasteiger charge is 2.18. The topological polar surface area (TPSA) is 84.5 Å². The summed E-state index contributed by atoms with van der Waals surface area (Å²) in [6, 6.07) is 10.7. The minimum atomic E-state index is -3.89. The molecule has 0 atom stereocenters. The molecule has 1 aliphatic heterocycles. The second kappa shape index (κ2) is 5.92. The van der Waals surface area contributed by atoms with Crippen LogP contribution in [0.1, 0.15) is 11.1 Å². The first kappa shape index (κ1) is 15.4. The fraction of sp³-hybridized carbons (Fsp3) is 0.188. The number of amides is 2. The number of rotatable bonds is 3. The maximum atomic E-state index is 12.1. The predicted octanol–water partition coefficient (Wildman–Crippen LogP) is 2.44. The van der Waals surface area contributed by atoms with Gasteiger partial charge in [-0.25, -0.2) is 17.9 Å². The Balaban J connectivity index is 1.70. The van der Waals surface area contributed by atoms with Crippen molar-refractivity contribution in [3.05, 3.63) is 53.6 Å². The van der Waals surface area contributed by atoms with Crippen molar-refractivity contribution in [3.8, 4) is 5.75 Å². The van der Waals surface area contributed by atoms with Gasteiger partial charge < -0.3 is 10.1 Å². The van der Waals surface area contributed by atoms with Crippen molar-refractivity contribution >= 4 is 21.7 Å². The fourth-order valence-corrected chi connectivity index (χ4v) is 3.23. The number of urea groups is 1. The lowest BCUT2D eigenvalue weighted by Gasteiger charge is -2.09. The van der Waals surface area contributed by atoms with Crippen LogP contribution in [0.2, 0.25) is 0 Å². The smallest absolute Gasteiger partial charge is 0.333 e. The lowest BCUT2D eigenvalue weighted by molar-refractivity contribution is 0.256. The molecule has 2 amide bonds. The summed E-state index contributed by atoms with van der Waals surface area (Å²) in [5, 5.41) is 2.52. The van der Waals surface area contributed by atoms with E-state index in [1.165, 1.54) is 12.1 Å². The van der Waals surface area contributed by atoms with Crippen molar-refractivity contribution in [1.29, 1.82) is 0 Å². The van der Waals surface area contributed by atoms with Gasteiger partial charge in [0, 0.05) is 12.1 Å². The number of nitrogens with one attached hydrogen (secondary N) is 2. The fourth-order valence-electron chi connectivity index (χ4n) is 2.32. The molecule has 2 aromatic carbocycles. The Morgan fingerprint density at radius 3 is 2.61 bits per heavy atom. The van der Waals surface area contributed by atoms with Crippen molar-refractivity contribution < 1.29 is 17.9 Å². The Hall–Kier alpha value is -2.54. The quantitative estimate of drug-likeness (QED) is 0.904. The maximum Gasteiger partial charge on any atom is 0.333 e. The number of aryl methyl sites for hydroxylation is 1. The SMILES string of the molecule is Cc1ccc(S(=O)(=O)NC(=O)Nc2ccc3c(c2)CCO3)cc1. The molecule has 0 saturated carbocycles. The lowest BCUT2D eigenvalue weighted by atomic mass is 10.1. The molecule has 0 saturated heterocycles. The molecule has 2 N–H and O–H groups in total. The van der Waals surface area contributed by atoms with Crippen molar-refractivity contribution in [2.45, 2.75) is 18.2 Å². The van der Waals surface area contributed by atoms with Crippen LogP contribution in [0.15, 0.2) is 47.4 Å². The second-order valence-electron chi connectivity index (χ2n) is 5.29. The number of carbonyl (C=O) groups excluding carboxylic acids is 1. The van der Waals surface area contributed by atoms with Crippen LogP contribution in [0, 0.1) is 6.92 Å². The van der Waals surface area contributed by atoms with E-state index in [-0.39, 0.29) is 4.90 Å². The van der Waals surface area contributed by atoms with Gasteiger partial charge in [-0.2, -0.15) is 0 Å². The number of hydrogen-bond donors (Lipinski definition) is 2. The molecular weight excluding hydrogens is 316 g/mol. The summed E-state index contributed by atoms with van der Waals surface area (Å²) in [6.45, 7) is 2.47. The highest BCUT2D eigenvalue weighted by Crippen LogP contribution is 2.27. The highest BCUT2D eigenvalue weighted by atomic mass is 32.2. The van der Waals surface area contributed by atoms with E-state index in [4.69, 9.17) is 4.74 Å². The van der Waals surface area contributed by atoms with Gasteiger partial charge in [0.05, 0.1) is 11.5 Å². The third-order valence-corrected chi connectivity index (χ3v) is 4.85. The molecule has 0 aliphatic carbocycles. The third-order valence-electron chi connectivity index (χ3n) is 3.51. The molecule has 23 heavy (non-hydrogen) atoms. The number of sulfonamides is 1. The first-order chi connectivity index (χ1) is 10.9. The van der Waals surface area contributed by atoms with Crippen LogP contribution in [0.4, 0.5) is 10.5 Å². The molecule has 1 heterocycles. The van der Waals surface area contributed by atoms with E-state index in [1.54, 1.807) is 30.3 Å². The number of hydrogen-bond acceptors (Lipinski definition) is 4. The van der Waals surface area contributed by atoms with Crippen molar-refractivity contribution in [3.63, 3.8) is 0 Å². The van der Waals surface area contributed by atoms with Gasteiger partial charge in [-0.15, -0.1) is 0 Å². The molecule has 1 aliphatic rings. The van der Waals surface area contributed by atoms with E-state index >= 15 is 0 Å². The van der Waals surface area contributed by atoms with Crippen molar-refractivity contribution in [1.82, 2.24) is 4.72 Å². The zero-order valence-electron chi connectivity index (χ0n) is 12.5. The number of carbonyl (C=O) groups is 1. The minimum Gasteiger partial charge on any atom is -0.493 e. The van der Waals surface area contributed by atoms with E-state index in [0.29, 0.717) is 12.3 Å². The van der Waals surface area contributed by atoms with Crippen molar-refractivity contribution in [2.75, 3.05) is 11.9 Å². The Kier molecular flexibility index (Phi) is 3.96. The molecule has 0 bridgehead atoms. The van der Waals surface area contributed by atoms with Crippen LogP contribution in [-0.4, -0.2) is 21.1 Å².